The van der Waals surface area contributed by atoms with Crippen LogP contribution in [0, 0.1) is 6.92 Å². The number of ketones is 1. The second-order valence-corrected chi connectivity index (χ2v) is 11.6. The Labute approximate surface area is 139 Å². The predicted molar refractivity (Wildman–Crippen MR) is 100 cm³/mol. The molecule has 1 amide bonds. The van der Waals surface area contributed by atoms with Crippen LogP contribution in [0.25, 0.3) is 0 Å². The third kappa shape index (κ3) is 3.78. The lowest BCUT2D eigenvalue weighted by molar-refractivity contribution is -0.115. The van der Waals surface area contributed by atoms with Gasteiger partial charge in [-0.1, -0.05) is 6.92 Å². The molecule has 0 radical (unpaired) electrons. The van der Waals surface area contributed by atoms with Crippen LogP contribution in [0.4, 0.5) is 5.69 Å². The highest BCUT2D eigenvalue weighted by Crippen LogP contribution is 2.63. The minimum Gasteiger partial charge on any atom is -0.321 e. The van der Waals surface area contributed by atoms with Crippen LogP contribution in [-0.4, -0.2) is 35.8 Å². The maximum Gasteiger partial charge on any atom is 0.265 e. The lowest BCUT2D eigenvalue weighted by Crippen LogP contribution is -2.33. The van der Waals surface area contributed by atoms with E-state index in [9.17, 15) is 9.59 Å². The molecule has 1 unspecified atom stereocenters. The quantitative estimate of drug-likeness (QED) is 0.530. The number of nitrogens with one attached hydrogen (secondary N) is 1. The van der Waals surface area contributed by atoms with Gasteiger partial charge in [-0.25, -0.2) is 0 Å². The maximum absolute atomic E-state index is 12.9. The van der Waals surface area contributed by atoms with Crippen molar-refractivity contribution >= 4 is 36.0 Å². The first kappa shape index (κ1) is 19.3. The molecule has 3 nitrogen and oxygen atoms in total. The number of aryl methyl sites for hydroxylation is 1. The van der Waals surface area contributed by atoms with Gasteiger partial charge in [-0.05, 0) is 45.1 Å². The molecule has 0 saturated carbocycles. The van der Waals surface area contributed by atoms with Crippen LogP contribution >= 0.6 is 18.6 Å². The Balaban J connectivity index is 3.09. The Bertz CT molecular complexity index is 526. The van der Waals surface area contributed by atoms with E-state index >= 15 is 0 Å². The topological polar surface area (TPSA) is 46.2 Å². The first-order valence-corrected chi connectivity index (χ1v) is 11.4. The van der Waals surface area contributed by atoms with E-state index in [-0.39, 0.29) is 17.3 Å². The molecule has 124 valence electrons. The van der Waals surface area contributed by atoms with E-state index in [0.717, 1.165) is 36.2 Å². The number of rotatable bonds is 8. The van der Waals surface area contributed by atoms with Crippen molar-refractivity contribution in [2.75, 3.05) is 23.8 Å². The molecule has 1 aromatic rings. The van der Waals surface area contributed by atoms with Gasteiger partial charge in [0, 0.05) is 14.2 Å². The van der Waals surface area contributed by atoms with Crippen molar-refractivity contribution < 1.29 is 9.59 Å². The fourth-order valence-corrected chi connectivity index (χ4v) is 8.13. The number of carbonyl (C=O) groups excluding carboxylic acids is 2. The van der Waals surface area contributed by atoms with Crippen molar-refractivity contribution in [3.8, 4) is 0 Å². The van der Waals surface area contributed by atoms with Gasteiger partial charge in [0.25, 0.3) is 5.91 Å². The summed E-state index contributed by atoms with van der Waals surface area (Å²) >= 11 is 1.42. The largest absolute Gasteiger partial charge is 0.321 e. The van der Waals surface area contributed by atoms with Crippen LogP contribution in [0.15, 0.2) is 5.38 Å². The summed E-state index contributed by atoms with van der Waals surface area (Å²) in [5.74, 6) is 0.120. The van der Waals surface area contributed by atoms with Crippen molar-refractivity contribution in [2.45, 2.75) is 53.6 Å². The van der Waals surface area contributed by atoms with Gasteiger partial charge in [0.05, 0.1) is 29.1 Å². The zero-order chi connectivity index (χ0) is 16.9. The number of hydrogen-bond acceptors (Lipinski definition) is 3. The maximum atomic E-state index is 12.9. The summed E-state index contributed by atoms with van der Waals surface area (Å²) in [6.45, 7) is 12.3. The van der Waals surface area contributed by atoms with Gasteiger partial charge in [-0.15, -0.1) is 11.3 Å². The van der Waals surface area contributed by atoms with Crippen LogP contribution in [0.1, 0.15) is 56.3 Å². The molecule has 0 saturated heterocycles. The van der Waals surface area contributed by atoms with Crippen LogP contribution < -0.4 is 5.32 Å². The highest BCUT2D eigenvalue weighted by molar-refractivity contribution is 7.77. The van der Waals surface area contributed by atoms with Crippen LogP contribution in [-0.2, 0) is 4.79 Å². The standard InChI is InChI=1S/C17H28NO2PS/c1-7-14(21(8-2,9-3)10-4)17(20)18-15-12(5)11-22-16(15)13(6)19/h11,14H,7-10H2,1-6H3/p+1. The average molecular weight is 342 g/mol. The number of thiophene rings is 1. The van der Waals surface area contributed by atoms with Gasteiger partial charge in [-0.3, -0.25) is 9.59 Å². The first-order chi connectivity index (χ1) is 10.4. The first-order valence-electron chi connectivity index (χ1n) is 8.12. The van der Waals surface area contributed by atoms with E-state index in [0.29, 0.717) is 4.88 Å². The number of amides is 1. The minimum absolute atomic E-state index is 0.0176. The summed E-state index contributed by atoms with van der Waals surface area (Å²) < 4.78 is 0. The van der Waals surface area contributed by atoms with Crippen LogP contribution in [0.5, 0.6) is 0 Å². The lowest BCUT2D eigenvalue weighted by Gasteiger charge is -2.31. The van der Waals surface area contributed by atoms with Crippen molar-refractivity contribution in [1.82, 2.24) is 0 Å². The van der Waals surface area contributed by atoms with Crippen molar-refractivity contribution in [2.24, 2.45) is 0 Å². The zero-order valence-corrected chi connectivity index (χ0v) is 16.4. The van der Waals surface area contributed by atoms with Gasteiger partial charge in [0.15, 0.2) is 5.78 Å². The zero-order valence-electron chi connectivity index (χ0n) is 14.7. The molecule has 1 atom stereocenters. The lowest BCUT2D eigenvalue weighted by atomic mass is 10.2. The highest BCUT2D eigenvalue weighted by atomic mass is 32.1. The number of hydrogen-bond donors (Lipinski definition) is 1. The smallest absolute Gasteiger partial charge is 0.265 e. The second kappa shape index (κ2) is 8.21. The van der Waals surface area contributed by atoms with Gasteiger partial charge in [0.1, 0.15) is 5.66 Å². The molecule has 1 heterocycles. The van der Waals surface area contributed by atoms with Crippen LogP contribution in [0.2, 0.25) is 0 Å². The second-order valence-electron chi connectivity index (χ2n) is 5.76. The molecule has 0 aliphatic heterocycles. The summed E-state index contributed by atoms with van der Waals surface area (Å²) in [4.78, 5) is 25.3. The van der Waals surface area contributed by atoms with E-state index in [1.807, 2.05) is 12.3 Å². The van der Waals surface area contributed by atoms with Crippen molar-refractivity contribution in [3.63, 3.8) is 0 Å². The third-order valence-electron chi connectivity index (χ3n) is 4.78. The Hall–Kier alpha value is -0.730. The molecule has 0 spiro atoms. The van der Waals surface area contributed by atoms with Gasteiger partial charge >= 0.3 is 0 Å². The highest BCUT2D eigenvalue weighted by Gasteiger charge is 2.44. The molecule has 1 rings (SSSR count). The molecule has 1 aromatic heterocycles. The van der Waals surface area contributed by atoms with Crippen molar-refractivity contribution in [1.29, 1.82) is 0 Å². The Morgan fingerprint density at radius 1 is 1.18 bits per heavy atom. The fourth-order valence-electron chi connectivity index (χ4n) is 3.22. The summed E-state index contributed by atoms with van der Waals surface area (Å²) in [7, 11) is -1.27. The summed E-state index contributed by atoms with van der Waals surface area (Å²) in [5.41, 5.74) is 1.79. The minimum atomic E-state index is -1.27. The molecule has 0 aliphatic carbocycles. The van der Waals surface area contributed by atoms with Gasteiger partial charge in [-0.2, -0.15) is 0 Å². The average Bonchev–Trinajstić information content (AvgIpc) is 2.86. The Morgan fingerprint density at radius 3 is 2.14 bits per heavy atom. The summed E-state index contributed by atoms with van der Waals surface area (Å²) in [5, 5.41) is 5.02. The summed E-state index contributed by atoms with van der Waals surface area (Å²) in [6, 6.07) is 0. The molecular formula is C17H29NO2PS+. The molecule has 1 N–H and O–H groups in total. The van der Waals surface area contributed by atoms with Crippen LogP contribution in [0.3, 0.4) is 0 Å². The Morgan fingerprint density at radius 2 is 1.73 bits per heavy atom. The van der Waals surface area contributed by atoms with E-state index in [2.05, 4.69) is 33.0 Å². The molecule has 5 heteroatoms. The Kier molecular flexibility index (Phi) is 7.21. The predicted octanol–water partition coefficient (Wildman–Crippen LogP) is 5.05. The number of Topliss-reactive ketones (excluding diaryl/α,β-unsaturated/α-hetero) is 1. The van der Waals surface area contributed by atoms with E-state index in [1.165, 1.54) is 11.3 Å². The normalized spacial score (nSPS) is 13.0. The van der Waals surface area contributed by atoms with Gasteiger partial charge < -0.3 is 5.32 Å². The summed E-state index contributed by atoms with van der Waals surface area (Å²) in [6.07, 6.45) is 4.18. The molecule has 0 aliphatic rings. The third-order valence-corrected chi connectivity index (χ3v) is 11.7. The van der Waals surface area contributed by atoms with E-state index in [4.69, 9.17) is 0 Å². The molecule has 0 bridgehead atoms. The van der Waals surface area contributed by atoms with Crippen molar-refractivity contribution in [3.05, 3.63) is 15.8 Å². The molecular weight excluding hydrogens is 313 g/mol. The van der Waals surface area contributed by atoms with E-state index in [1.54, 1.807) is 6.92 Å². The van der Waals surface area contributed by atoms with E-state index < -0.39 is 7.26 Å². The molecule has 0 aromatic carbocycles. The number of carbonyl (C=O) groups is 2. The fraction of sp³-hybridized carbons (Fsp3) is 0.647. The van der Waals surface area contributed by atoms with Gasteiger partial charge in [0.2, 0.25) is 0 Å². The molecule has 22 heavy (non-hydrogen) atoms. The number of anilines is 1. The monoisotopic (exact) mass is 342 g/mol. The SMILES string of the molecule is CCC(C(=O)Nc1c(C)csc1C(C)=O)[P+](CC)(CC)CC. The molecule has 0 fully saturated rings.